The van der Waals surface area contributed by atoms with Crippen molar-refractivity contribution in [3.05, 3.63) is 29.3 Å². The van der Waals surface area contributed by atoms with Crippen molar-refractivity contribution >= 4 is 5.69 Å². The Bertz CT molecular complexity index is 407. The predicted molar refractivity (Wildman–Crippen MR) is 70.0 cm³/mol. The van der Waals surface area contributed by atoms with Crippen molar-refractivity contribution in [1.29, 1.82) is 5.26 Å². The molecule has 0 saturated carbocycles. The SMILES string of the molecule is CCCN(CC)c1cc(C#N)ccc1C(C)O. The average molecular weight is 232 g/mol. The highest BCUT2D eigenvalue weighted by molar-refractivity contribution is 5.58. The number of rotatable bonds is 5. The van der Waals surface area contributed by atoms with E-state index in [1.54, 1.807) is 13.0 Å². The van der Waals surface area contributed by atoms with Crippen LogP contribution in [0.5, 0.6) is 0 Å². The van der Waals surface area contributed by atoms with Gasteiger partial charge in [-0.2, -0.15) is 5.26 Å². The van der Waals surface area contributed by atoms with E-state index in [1.165, 1.54) is 0 Å². The molecule has 1 aromatic rings. The Hall–Kier alpha value is -1.53. The van der Waals surface area contributed by atoms with Gasteiger partial charge in [0, 0.05) is 24.3 Å². The van der Waals surface area contributed by atoms with Gasteiger partial charge in [-0.3, -0.25) is 0 Å². The van der Waals surface area contributed by atoms with Crippen LogP contribution in [0.15, 0.2) is 18.2 Å². The van der Waals surface area contributed by atoms with Crippen molar-refractivity contribution in [3.63, 3.8) is 0 Å². The summed E-state index contributed by atoms with van der Waals surface area (Å²) in [4.78, 5) is 2.20. The van der Waals surface area contributed by atoms with Crippen LogP contribution < -0.4 is 4.90 Å². The molecule has 0 aliphatic rings. The fourth-order valence-electron chi connectivity index (χ4n) is 1.96. The van der Waals surface area contributed by atoms with Gasteiger partial charge < -0.3 is 10.0 Å². The Balaban J connectivity index is 3.20. The Kier molecular flexibility index (Phi) is 4.99. The van der Waals surface area contributed by atoms with E-state index < -0.39 is 6.10 Å². The minimum absolute atomic E-state index is 0.511. The summed E-state index contributed by atoms with van der Waals surface area (Å²) in [6, 6.07) is 7.61. The lowest BCUT2D eigenvalue weighted by Gasteiger charge is -2.26. The summed E-state index contributed by atoms with van der Waals surface area (Å²) >= 11 is 0. The Morgan fingerprint density at radius 1 is 1.41 bits per heavy atom. The number of anilines is 1. The summed E-state index contributed by atoms with van der Waals surface area (Å²) in [5.41, 5.74) is 2.50. The highest BCUT2D eigenvalue weighted by Gasteiger charge is 2.13. The first kappa shape index (κ1) is 13.5. The maximum Gasteiger partial charge on any atom is 0.0992 e. The molecule has 1 rings (SSSR count). The molecule has 1 aromatic carbocycles. The third-order valence-corrected chi connectivity index (χ3v) is 2.83. The first-order valence-corrected chi connectivity index (χ1v) is 6.11. The summed E-state index contributed by atoms with van der Waals surface area (Å²) in [5.74, 6) is 0. The number of nitrogens with zero attached hydrogens (tertiary/aromatic N) is 2. The van der Waals surface area contributed by atoms with Gasteiger partial charge in [0.15, 0.2) is 0 Å². The van der Waals surface area contributed by atoms with Crippen molar-refractivity contribution < 1.29 is 5.11 Å². The van der Waals surface area contributed by atoms with E-state index in [1.807, 2.05) is 12.1 Å². The van der Waals surface area contributed by atoms with E-state index in [0.29, 0.717) is 5.56 Å². The molecule has 0 bridgehead atoms. The molecule has 1 unspecified atom stereocenters. The lowest BCUT2D eigenvalue weighted by atomic mass is 10.0. The van der Waals surface area contributed by atoms with Crippen LogP contribution in [-0.2, 0) is 0 Å². The van der Waals surface area contributed by atoms with Gasteiger partial charge in [0.25, 0.3) is 0 Å². The lowest BCUT2D eigenvalue weighted by molar-refractivity contribution is 0.199. The zero-order valence-electron chi connectivity index (χ0n) is 10.8. The van der Waals surface area contributed by atoms with E-state index in [9.17, 15) is 5.11 Å². The van der Waals surface area contributed by atoms with Gasteiger partial charge in [-0.15, -0.1) is 0 Å². The molecule has 0 fully saturated rings. The molecule has 0 spiro atoms. The standard InChI is InChI=1S/C14H20N2O/c1-4-8-16(5-2)14-9-12(10-15)6-7-13(14)11(3)17/h6-7,9,11,17H,4-5,8H2,1-3H3. The van der Waals surface area contributed by atoms with Gasteiger partial charge >= 0.3 is 0 Å². The van der Waals surface area contributed by atoms with E-state index >= 15 is 0 Å². The molecule has 0 aliphatic carbocycles. The number of benzene rings is 1. The van der Waals surface area contributed by atoms with Crippen LogP contribution in [0, 0.1) is 11.3 Å². The van der Waals surface area contributed by atoms with Crippen LogP contribution in [0.1, 0.15) is 44.4 Å². The summed E-state index contributed by atoms with van der Waals surface area (Å²) < 4.78 is 0. The van der Waals surface area contributed by atoms with E-state index in [4.69, 9.17) is 5.26 Å². The van der Waals surface area contributed by atoms with Crippen LogP contribution in [0.25, 0.3) is 0 Å². The van der Waals surface area contributed by atoms with Crippen LogP contribution >= 0.6 is 0 Å². The monoisotopic (exact) mass is 232 g/mol. The van der Waals surface area contributed by atoms with Gasteiger partial charge in [0.05, 0.1) is 17.7 Å². The van der Waals surface area contributed by atoms with E-state index in [2.05, 4.69) is 24.8 Å². The van der Waals surface area contributed by atoms with Crippen LogP contribution in [-0.4, -0.2) is 18.2 Å². The Morgan fingerprint density at radius 2 is 2.12 bits per heavy atom. The van der Waals surface area contributed by atoms with Crippen molar-refractivity contribution in [2.45, 2.75) is 33.3 Å². The Morgan fingerprint density at radius 3 is 2.59 bits per heavy atom. The minimum Gasteiger partial charge on any atom is -0.389 e. The third-order valence-electron chi connectivity index (χ3n) is 2.83. The lowest BCUT2D eigenvalue weighted by Crippen LogP contribution is -2.25. The fourth-order valence-corrected chi connectivity index (χ4v) is 1.96. The molecular weight excluding hydrogens is 212 g/mol. The minimum atomic E-state index is -0.511. The van der Waals surface area contributed by atoms with Crippen LogP contribution in [0.4, 0.5) is 5.69 Å². The van der Waals surface area contributed by atoms with Gasteiger partial charge in [0.2, 0.25) is 0 Å². The highest BCUT2D eigenvalue weighted by atomic mass is 16.3. The third kappa shape index (κ3) is 3.21. The molecule has 0 radical (unpaired) electrons. The van der Waals surface area contributed by atoms with Gasteiger partial charge in [-0.05, 0) is 32.4 Å². The van der Waals surface area contributed by atoms with Crippen LogP contribution in [0.2, 0.25) is 0 Å². The molecule has 1 N–H and O–H groups in total. The maximum absolute atomic E-state index is 9.77. The molecule has 0 saturated heterocycles. The summed E-state index contributed by atoms with van der Waals surface area (Å²) in [6.07, 6.45) is 0.535. The normalized spacial score (nSPS) is 11.9. The second kappa shape index (κ2) is 6.27. The predicted octanol–water partition coefficient (Wildman–Crippen LogP) is 2.85. The molecule has 17 heavy (non-hydrogen) atoms. The molecule has 92 valence electrons. The molecule has 0 aliphatic heterocycles. The first-order chi connectivity index (χ1) is 8.13. The van der Waals surface area contributed by atoms with Crippen molar-refractivity contribution in [3.8, 4) is 6.07 Å². The Labute approximate surface area is 103 Å². The second-order valence-corrected chi connectivity index (χ2v) is 4.14. The molecule has 0 amide bonds. The molecule has 3 heteroatoms. The molecular formula is C14H20N2O. The number of hydrogen-bond acceptors (Lipinski definition) is 3. The number of nitriles is 1. The smallest absolute Gasteiger partial charge is 0.0992 e. The number of aliphatic hydroxyl groups excluding tert-OH is 1. The molecule has 0 heterocycles. The zero-order valence-corrected chi connectivity index (χ0v) is 10.8. The largest absolute Gasteiger partial charge is 0.389 e. The highest BCUT2D eigenvalue weighted by Crippen LogP contribution is 2.27. The number of aliphatic hydroxyl groups is 1. The van der Waals surface area contributed by atoms with E-state index in [-0.39, 0.29) is 0 Å². The van der Waals surface area contributed by atoms with Gasteiger partial charge in [-0.25, -0.2) is 0 Å². The second-order valence-electron chi connectivity index (χ2n) is 4.14. The molecule has 0 aromatic heterocycles. The summed E-state index contributed by atoms with van der Waals surface area (Å²) in [6.45, 7) is 7.78. The molecule has 3 nitrogen and oxygen atoms in total. The van der Waals surface area contributed by atoms with Crippen molar-refractivity contribution in [2.75, 3.05) is 18.0 Å². The topological polar surface area (TPSA) is 47.3 Å². The quantitative estimate of drug-likeness (QED) is 0.849. The molecule has 1 atom stereocenters. The summed E-state index contributed by atoms with van der Waals surface area (Å²) in [5, 5.41) is 18.7. The summed E-state index contributed by atoms with van der Waals surface area (Å²) in [7, 11) is 0. The number of hydrogen-bond donors (Lipinski definition) is 1. The first-order valence-electron chi connectivity index (χ1n) is 6.11. The van der Waals surface area contributed by atoms with Crippen molar-refractivity contribution in [1.82, 2.24) is 0 Å². The van der Waals surface area contributed by atoms with E-state index in [0.717, 1.165) is 30.8 Å². The van der Waals surface area contributed by atoms with Gasteiger partial charge in [-0.1, -0.05) is 13.0 Å². The van der Waals surface area contributed by atoms with Gasteiger partial charge in [0.1, 0.15) is 0 Å². The fraction of sp³-hybridized carbons (Fsp3) is 0.500. The average Bonchev–Trinajstić information content (AvgIpc) is 2.35. The zero-order chi connectivity index (χ0) is 12.8. The maximum atomic E-state index is 9.77. The van der Waals surface area contributed by atoms with Crippen LogP contribution in [0.3, 0.4) is 0 Å². The van der Waals surface area contributed by atoms with Crippen molar-refractivity contribution in [2.24, 2.45) is 0 Å².